The highest BCUT2D eigenvalue weighted by molar-refractivity contribution is 7.89. The fourth-order valence-electron chi connectivity index (χ4n) is 3.22. The van der Waals surface area contributed by atoms with Crippen molar-refractivity contribution in [2.45, 2.75) is 26.2 Å². The summed E-state index contributed by atoms with van der Waals surface area (Å²) in [6.07, 6.45) is 1.98. The van der Waals surface area contributed by atoms with Crippen molar-refractivity contribution in [1.82, 2.24) is 9.21 Å². The Morgan fingerprint density at radius 3 is 2.35 bits per heavy atom. The quantitative estimate of drug-likeness (QED) is 0.712. The van der Waals surface area contributed by atoms with E-state index in [0.717, 1.165) is 6.42 Å². The molecule has 148 valence electrons. The molecule has 0 bridgehead atoms. The van der Waals surface area contributed by atoms with Crippen LogP contribution in [0.25, 0.3) is 0 Å². The molecular formula is C18H30ClN3O3S. The number of halogens is 1. The van der Waals surface area contributed by atoms with Crippen LogP contribution in [-0.4, -0.2) is 62.0 Å². The van der Waals surface area contributed by atoms with E-state index in [-0.39, 0.29) is 30.0 Å². The number of nitrogens with two attached hydrogens (primary N) is 1. The molecule has 26 heavy (non-hydrogen) atoms. The Morgan fingerprint density at radius 2 is 1.81 bits per heavy atom. The molecule has 1 amide bonds. The van der Waals surface area contributed by atoms with Gasteiger partial charge in [0.1, 0.15) is 0 Å². The molecule has 2 N–H and O–H groups in total. The van der Waals surface area contributed by atoms with E-state index in [4.69, 9.17) is 5.73 Å². The normalized spacial score (nSPS) is 16.1. The molecule has 8 heteroatoms. The van der Waals surface area contributed by atoms with E-state index >= 15 is 0 Å². The number of carbonyl (C=O) groups excluding carboxylic acids is 1. The molecule has 0 unspecified atom stereocenters. The van der Waals surface area contributed by atoms with Gasteiger partial charge in [-0.3, -0.25) is 4.79 Å². The van der Waals surface area contributed by atoms with E-state index in [1.54, 1.807) is 6.92 Å². The Morgan fingerprint density at radius 1 is 1.19 bits per heavy atom. The van der Waals surface area contributed by atoms with Crippen LogP contribution in [0.15, 0.2) is 30.3 Å². The fourth-order valence-corrected chi connectivity index (χ4v) is 4.35. The second-order valence-electron chi connectivity index (χ2n) is 6.42. The number of rotatable bonds is 8. The molecule has 6 nitrogen and oxygen atoms in total. The van der Waals surface area contributed by atoms with E-state index in [2.05, 4.69) is 12.1 Å². The topological polar surface area (TPSA) is 83.7 Å². The number of carbonyl (C=O) groups is 1. The van der Waals surface area contributed by atoms with E-state index in [9.17, 15) is 13.2 Å². The zero-order valence-corrected chi connectivity index (χ0v) is 17.0. The minimum absolute atomic E-state index is 0. The third-order valence-electron chi connectivity index (χ3n) is 4.79. The van der Waals surface area contributed by atoms with E-state index in [1.807, 2.05) is 23.1 Å². The van der Waals surface area contributed by atoms with Crippen molar-refractivity contribution in [2.24, 2.45) is 11.7 Å². The van der Waals surface area contributed by atoms with Crippen molar-refractivity contribution in [2.75, 3.05) is 38.5 Å². The molecular weight excluding hydrogens is 374 g/mol. The third-order valence-corrected chi connectivity index (χ3v) is 6.67. The number of nitrogens with zero attached hydrogens (tertiary/aromatic N) is 2. The maximum absolute atomic E-state index is 12.8. The Kier molecular flexibility index (Phi) is 9.57. The van der Waals surface area contributed by atoms with Crippen LogP contribution in [0.5, 0.6) is 0 Å². The smallest absolute Gasteiger partial charge is 0.225 e. The van der Waals surface area contributed by atoms with Crippen molar-refractivity contribution in [1.29, 1.82) is 0 Å². The van der Waals surface area contributed by atoms with Gasteiger partial charge < -0.3 is 10.6 Å². The van der Waals surface area contributed by atoms with Gasteiger partial charge in [-0.05, 0) is 31.7 Å². The number of hydrogen-bond acceptors (Lipinski definition) is 4. The standard InChI is InChI=1S/C18H29N3O3S.ClH/c1-2-25(23,24)21-13-9-17(10-14-21)18(22)20(15-11-19)12-8-16-6-4-3-5-7-16;/h3-7,17H,2,8-15,19H2,1H3;1H. The summed E-state index contributed by atoms with van der Waals surface area (Å²) in [6, 6.07) is 10.1. The van der Waals surface area contributed by atoms with Crippen molar-refractivity contribution >= 4 is 28.3 Å². The molecule has 0 aliphatic carbocycles. The van der Waals surface area contributed by atoms with Crippen LogP contribution in [0.3, 0.4) is 0 Å². The Labute approximate surface area is 163 Å². The highest BCUT2D eigenvalue weighted by atomic mass is 35.5. The summed E-state index contributed by atoms with van der Waals surface area (Å²) >= 11 is 0. The van der Waals surface area contributed by atoms with Crippen LogP contribution in [0.1, 0.15) is 25.3 Å². The van der Waals surface area contributed by atoms with Gasteiger partial charge in [0, 0.05) is 38.6 Å². The van der Waals surface area contributed by atoms with E-state index in [1.165, 1.54) is 9.87 Å². The van der Waals surface area contributed by atoms with Crippen molar-refractivity contribution in [3.05, 3.63) is 35.9 Å². The molecule has 0 saturated carbocycles. The van der Waals surface area contributed by atoms with Crippen LogP contribution >= 0.6 is 12.4 Å². The third kappa shape index (κ3) is 6.23. The van der Waals surface area contributed by atoms with Gasteiger partial charge in [0.2, 0.25) is 15.9 Å². The first-order valence-corrected chi connectivity index (χ1v) is 10.6. The Bertz CT molecular complexity index is 647. The van der Waals surface area contributed by atoms with Crippen LogP contribution in [0, 0.1) is 5.92 Å². The van der Waals surface area contributed by atoms with E-state index < -0.39 is 10.0 Å². The lowest BCUT2D eigenvalue weighted by atomic mass is 9.96. The lowest BCUT2D eigenvalue weighted by Gasteiger charge is -2.33. The Hall–Kier alpha value is -1.15. The molecule has 0 spiro atoms. The summed E-state index contributed by atoms with van der Waals surface area (Å²) in [7, 11) is -3.16. The summed E-state index contributed by atoms with van der Waals surface area (Å²) in [5.74, 6) is 0.114. The van der Waals surface area contributed by atoms with Gasteiger partial charge in [-0.2, -0.15) is 0 Å². The van der Waals surface area contributed by atoms with Gasteiger partial charge in [0.15, 0.2) is 0 Å². The number of benzene rings is 1. The first-order valence-electron chi connectivity index (χ1n) is 8.98. The number of amides is 1. The van der Waals surface area contributed by atoms with Crippen molar-refractivity contribution in [3.8, 4) is 0 Å². The summed E-state index contributed by atoms with van der Waals surface area (Å²) in [6.45, 7) is 4.14. The molecule has 1 aliphatic rings. The van der Waals surface area contributed by atoms with Crippen LogP contribution in [0.4, 0.5) is 0 Å². The largest absolute Gasteiger partial charge is 0.341 e. The predicted molar refractivity (Wildman–Crippen MR) is 107 cm³/mol. The van der Waals surface area contributed by atoms with Gasteiger partial charge in [0.05, 0.1) is 5.75 Å². The van der Waals surface area contributed by atoms with Crippen molar-refractivity contribution in [3.63, 3.8) is 0 Å². The van der Waals surface area contributed by atoms with Gasteiger partial charge in [-0.1, -0.05) is 30.3 Å². The van der Waals surface area contributed by atoms with Gasteiger partial charge >= 0.3 is 0 Å². The van der Waals surface area contributed by atoms with Crippen LogP contribution in [0.2, 0.25) is 0 Å². The summed E-state index contributed by atoms with van der Waals surface area (Å²) in [5.41, 5.74) is 6.88. The molecule has 1 aliphatic heterocycles. The molecule has 1 fully saturated rings. The summed E-state index contributed by atoms with van der Waals surface area (Å²) in [5, 5.41) is 0. The predicted octanol–water partition coefficient (Wildman–Crippen LogP) is 1.50. The van der Waals surface area contributed by atoms with E-state index in [0.29, 0.717) is 45.6 Å². The molecule has 0 atom stereocenters. The zero-order valence-electron chi connectivity index (χ0n) is 15.3. The average molecular weight is 404 g/mol. The number of sulfonamides is 1. The van der Waals surface area contributed by atoms with Gasteiger partial charge in [-0.25, -0.2) is 12.7 Å². The first kappa shape index (κ1) is 22.9. The Balaban J connectivity index is 0.00000338. The highest BCUT2D eigenvalue weighted by Gasteiger charge is 2.32. The van der Waals surface area contributed by atoms with Gasteiger partial charge in [0.25, 0.3) is 0 Å². The molecule has 2 rings (SSSR count). The highest BCUT2D eigenvalue weighted by Crippen LogP contribution is 2.22. The SMILES string of the molecule is CCS(=O)(=O)N1CCC(C(=O)N(CCN)CCc2ccccc2)CC1.Cl. The lowest BCUT2D eigenvalue weighted by molar-refractivity contribution is -0.136. The van der Waals surface area contributed by atoms with Crippen molar-refractivity contribution < 1.29 is 13.2 Å². The first-order chi connectivity index (χ1) is 12.0. The minimum Gasteiger partial charge on any atom is -0.341 e. The lowest BCUT2D eigenvalue weighted by Crippen LogP contribution is -2.46. The van der Waals surface area contributed by atoms with Gasteiger partial charge in [-0.15, -0.1) is 12.4 Å². The molecule has 0 aromatic heterocycles. The molecule has 0 radical (unpaired) electrons. The average Bonchev–Trinajstić information content (AvgIpc) is 2.65. The molecule has 1 aromatic carbocycles. The molecule has 1 heterocycles. The summed E-state index contributed by atoms with van der Waals surface area (Å²) in [4.78, 5) is 14.7. The minimum atomic E-state index is -3.16. The van der Waals surface area contributed by atoms with Crippen LogP contribution < -0.4 is 5.73 Å². The maximum atomic E-state index is 12.8. The second-order valence-corrected chi connectivity index (χ2v) is 8.68. The van der Waals surface area contributed by atoms with Crippen LogP contribution in [-0.2, 0) is 21.2 Å². The monoisotopic (exact) mass is 403 g/mol. The number of piperidine rings is 1. The molecule has 1 saturated heterocycles. The second kappa shape index (κ2) is 10.9. The maximum Gasteiger partial charge on any atom is 0.225 e. The number of hydrogen-bond donors (Lipinski definition) is 1. The zero-order chi connectivity index (χ0) is 18.3. The molecule has 1 aromatic rings. The fraction of sp³-hybridized carbons (Fsp3) is 0.611. The summed E-state index contributed by atoms with van der Waals surface area (Å²) < 4.78 is 25.4.